The van der Waals surface area contributed by atoms with E-state index >= 15 is 0 Å². The molecule has 3 aromatic rings. The average molecular weight is 340 g/mol. The molecule has 0 bridgehead atoms. The van der Waals surface area contributed by atoms with Gasteiger partial charge in [-0.25, -0.2) is 4.98 Å². The molecule has 1 N–H and O–H groups in total. The van der Waals surface area contributed by atoms with Crippen molar-refractivity contribution in [2.24, 2.45) is 0 Å². The maximum absolute atomic E-state index is 10.6. The van der Waals surface area contributed by atoms with Crippen LogP contribution in [0.25, 0.3) is 0 Å². The summed E-state index contributed by atoms with van der Waals surface area (Å²) >= 11 is 1.50. The Bertz CT molecular complexity index is 829. The quantitative estimate of drug-likeness (QED) is 0.418. The van der Waals surface area contributed by atoms with Gasteiger partial charge in [0.05, 0.1) is 4.92 Å². The van der Waals surface area contributed by atoms with E-state index in [2.05, 4.69) is 46.4 Å². The van der Waals surface area contributed by atoms with Crippen molar-refractivity contribution in [1.29, 1.82) is 0 Å². The third kappa shape index (κ3) is 4.20. The number of aromatic nitrogens is 3. The van der Waals surface area contributed by atoms with Crippen molar-refractivity contribution in [1.82, 2.24) is 15.2 Å². The van der Waals surface area contributed by atoms with Crippen molar-refractivity contribution >= 4 is 17.4 Å². The Kier molecular flexibility index (Phi) is 4.90. The maximum atomic E-state index is 10.6. The standard InChI is InChI=1S/C17H16N4O2S/c1-12-2-4-13(5-3-12)10-16-18-17(20-19-16)24-11-14-6-8-15(9-7-14)21(22)23/h2-9H,10-11H2,1H3,(H,18,19,20). The molecule has 0 atom stereocenters. The molecule has 2 aromatic carbocycles. The minimum Gasteiger partial charge on any atom is -0.262 e. The first-order valence-electron chi connectivity index (χ1n) is 7.43. The second-order valence-electron chi connectivity index (χ2n) is 5.44. The molecule has 0 saturated carbocycles. The largest absolute Gasteiger partial charge is 0.269 e. The highest BCUT2D eigenvalue weighted by Gasteiger charge is 2.07. The van der Waals surface area contributed by atoms with Crippen LogP contribution in [0.4, 0.5) is 5.69 Å². The monoisotopic (exact) mass is 340 g/mol. The molecule has 0 radical (unpaired) electrons. The van der Waals surface area contributed by atoms with Gasteiger partial charge < -0.3 is 0 Å². The molecule has 24 heavy (non-hydrogen) atoms. The van der Waals surface area contributed by atoms with Crippen molar-refractivity contribution in [2.45, 2.75) is 24.3 Å². The Morgan fingerprint density at radius 1 is 1.08 bits per heavy atom. The zero-order chi connectivity index (χ0) is 16.9. The molecule has 6 nitrogen and oxygen atoms in total. The number of benzene rings is 2. The third-order valence-corrected chi connectivity index (χ3v) is 4.44. The van der Waals surface area contributed by atoms with Crippen molar-refractivity contribution in [3.63, 3.8) is 0 Å². The normalized spacial score (nSPS) is 10.7. The highest BCUT2D eigenvalue weighted by molar-refractivity contribution is 7.98. The second-order valence-corrected chi connectivity index (χ2v) is 6.38. The summed E-state index contributed by atoms with van der Waals surface area (Å²) in [7, 11) is 0. The summed E-state index contributed by atoms with van der Waals surface area (Å²) in [6.45, 7) is 2.06. The minimum absolute atomic E-state index is 0.0991. The molecule has 3 rings (SSSR count). The molecule has 0 spiro atoms. The van der Waals surface area contributed by atoms with Gasteiger partial charge >= 0.3 is 0 Å². The first-order chi connectivity index (χ1) is 11.6. The molecule has 0 aliphatic heterocycles. The van der Waals surface area contributed by atoms with E-state index in [9.17, 15) is 10.1 Å². The van der Waals surface area contributed by atoms with Crippen LogP contribution in [0.5, 0.6) is 0 Å². The zero-order valence-corrected chi connectivity index (χ0v) is 13.9. The summed E-state index contributed by atoms with van der Waals surface area (Å²) in [6.07, 6.45) is 0.714. The smallest absolute Gasteiger partial charge is 0.262 e. The lowest BCUT2D eigenvalue weighted by Gasteiger charge is -1.99. The molecule has 0 unspecified atom stereocenters. The zero-order valence-electron chi connectivity index (χ0n) is 13.1. The van der Waals surface area contributed by atoms with Crippen LogP contribution in [0.2, 0.25) is 0 Å². The van der Waals surface area contributed by atoms with Gasteiger partial charge in [0.25, 0.3) is 5.69 Å². The number of aryl methyl sites for hydroxylation is 1. The lowest BCUT2D eigenvalue weighted by Crippen LogP contribution is -1.91. The molecule has 0 saturated heterocycles. The van der Waals surface area contributed by atoms with Crippen LogP contribution in [-0.2, 0) is 12.2 Å². The average Bonchev–Trinajstić information content (AvgIpc) is 3.03. The van der Waals surface area contributed by atoms with Crippen molar-refractivity contribution in [3.05, 3.63) is 81.2 Å². The number of nitro benzene ring substituents is 1. The predicted molar refractivity (Wildman–Crippen MR) is 93.0 cm³/mol. The van der Waals surface area contributed by atoms with E-state index in [0.717, 1.165) is 11.4 Å². The van der Waals surface area contributed by atoms with Crippen LogP contribution in [-0.4, -0.2) is 20.1 Å². The highest BCUT2D eigenvalue weighted by Crippen LogP contribution is 2.21. The van der Waals surface area contributed by atoms with Crippen LogP contribution in [0.15, 0.2) is 53.7 Å². The molecular weight excluding hydrogens is 324 g/mol. The van der Waals surface area contributed by atoms with Gasteiger partial charge in [0.1, 0.15) is 5.82 Å². The number of non-ortho nitro benzene ring substituents is 1. The van der Waals surface area contributed by atoms with Crippen molar-refractivity contribution in [3.8, 4) is 0 Å². The molecule has 0 aliphatic rings. The van der Waals surface area contributed by atoms with Crippen LogP contribution in [0, 0.1) is 17.0 Å². The Hall–Kier alpha value is -2.67. The van der Waals surface area contributed by atoms with Crippen LogP contribution in [0.1, 0.15) is 22.5 Å². The van der Waals surface area contributed by atoms with E-state index in [-0.39, 0.29) is 5.69 Å². The number of hydrogen-bond donors (Lipinski definition) is 1. The highest BCUT2D eigenvalue weighted by atomic mass is 32.2. The molecule has 0 fully saturated rings. The molecule has 1 heterocycles. The van der Waals surface area contributed by atoms with Gasteiger partial charge in [0.2, 0.25) is 5.16 Å². The topological polar surface area (TPSA) is 84.7 Å². The lowest BCUT2D eigenvalue weighted by molar-refractivity contribution is -0.384. The summed E-state index contributed by atoms with van der Waals surface area (Å²) in [5.74, 6) is 1.49. The number of nitrogens with one attached hydrogen (secondary N) is 1. The first kappa shape index (κ1) is 16.2. The molecular formula is C17H16N4O2S. The summed E-state index contributed by atoms with van der Waals surface area (Å²) in [4.78, 5) is 14.7. The Morgan fingerprint density at radius 3 is 2.42 bits per heavy atom. The maximum Gasteiger partial charge on any atom is 0.269 e. The van der Waals surface area contributed by atoms with E-state index in [1.54, 1.807) is 12.1 Å². The minimum atomic E-state index is -0.399. The summed E-state index contributed by atoms with van der Waals surface area (Å²) in [6, 6.07) is 14.9. The molecule has 0 amide bonds. The number of aromatic amines is 1. The SMILES string of the molecule is Cc1ccc(Cc2nc(SCc3ccc([N+](=O)[O-])cc3)n[nH]2)cc1. The van der Waals surface area contributed by atoms with Gasteiger partial charge in [-0.15, -0.1) is 5.10 Å². The molecule has 1 aromatic heterocycles. The first-order valence-corrected chi connectivity index (χ1v) is 8.41. The fraction of sp³-hybridized carbons (Fsp3) is 0.176. The van der Waals surface area contributed by atoms with Gasteiger partial charge in [-0.3, -0.25) is 15.2 Å². The number of thioether (sulfide) groups is 1. The fourth-order valence-corrected chi connectivity index (χ4v) is 2.96. The van der Waals surface area contributed by atoms with E-state index in [0.29, 0.717) is 17.3 Å². The number of rotatable bonds is 6. The molecule has 7 heteroatoms. The summed E-state index contributed by atoms with van der Waals surface area (Å²) in [5, 5.41) is 18.5. The van der Waals surface area contributed by atoms with Gasteiger partial charge in [-0.1, -0.05) is 53.7 Å². The van der Waals surface area contributed by atoms with Crippen LogP contribution in [0.3, 0.4) is 0 Å². The van der Waals surface area contributed by atoms with Crippen LogP contribution < -0.4 is 0 Å². The number of nitrogens with zero attached hydrogens (tertiary/aromatic N) is 3. The van der Waals surface area contributed by atoms with Gasteiger partial charge in [0.15, 0.2) is 0 Å². The number of hydrogen-bond acceptors (Lipinski definition) is 5. The summed E-state index contributed by atoms with van der Waals surface area (Å²) in [5.41, 5.74) is 3.51. The van der Waals surface area contributed by atoms with Crippen LogP contribution >= 0.6 is 11.8 Å². The fourth-order valence-electron chi connectivity index (χ4n) is 2.18. The van der Waals surface area contributed by atoms with E-state index < -0.39 is 4.92 Å². The van der Waals surface area contributed by atoms with Crippen molar-refractivity contribution in [2.75, 3.05) is 0 Å². The predicted octanol–water partition coefficient (Wildman–Crippen LogP) is 3.90. The number of H-pyrrole nitrogens is 1. The van der Waals surface area contributed by atoms with E-state index in [1.165, 1.54) is 35.0 Å². The third-order valence-electron chi connectivity index (χ3n) is 3.52. The summed E-state index contributed by atoms with van der Waals surface area (Å²) < 4.78 is 0. The van der Waals surface area contributed by atoms with E-state index in [1.807, 2.05) is 0 Å². The van der Waals surface area contributed by atoms with Gasteiger partial charge in [-0.2, -0.15) is 0 Å². The molecule has 122 valence electrons. The second kappa shape index (κ2) is 7.27. The van der Waals surface area contributed by atoms with Gasteiger partial charge in [0, 0.05) is 24.3 Å². The Balaban J connectivity index is 1.57. The van der Waals surface area contributed by atoms with Gasteiger partial charge in [-0.05, 0) is 18.1 Å². The Morgan fingerprint density at radius 2 is 1.75 bits per heavy atom. The van der Waals surface area contributed by atoms with Crippen molar-refractivity contribution < 1.29 is 4.92 Å². The Labute approximate surface area is 143 Å². The molecule has 0 aliphatic carbocycles. The van der Waals surface area contributed by atoms with E-state index in [4.69, 9.17) is 0 Å². The lowest BCUT2D eigenvalue weighted by atomic mass is 10.1. The number of nitro groups is 1.